The molecular formula is C8H7NO4. The molecule has 0 aromatic carbocycles. The molecule has 0 fully saturated rings. The lowest BCUT2D eigenvalue weighted by Crippen LogP contribution is -2.15. The van der Waals surface area contributed by atoms with Gasteiger partial charge in [0.1, 0.15) is 5.71 Å². The number of hydrogen-bond acceptors (Lipinski definition) is 4. The highest BCUT2D eigenvalue weighted by Gasteiger charge is 2.19. The highest BCUT2D eigenvalue weighted by molar-refractivity contribution is 6.21. The van der Waals surface area contributed by atoms with Gasteiger partial charge in [-0.1, -0.05) is 0 Å². The molecule has 0 aromatic rings. The number of aliphatic hydroxyl groups is 2. The number of aliphatic hydroxyl groups excluding tert-OH is 2. The van der Waals surface area contributed by atoms with E-state index >= 15 is 0 Å². The van der Waals surface area contributed by atoms with Crippen LogP contribution in [-0.2, 0) is 9.59 Å². The highest BCUT2D eigenvalue weighted by Crippen LogP contribution is 2.10. The summed E-state index contributed by atoms with van der Waals surface area (Å²) < 4.78 is 0. The zero-order valence-electron chi connectivity index (χ0n) is 6.81. The van der Waals surface area contributed by atoms with Crippen LogP contribution in [0.25, 0.3) is 0 Å². The number of hydrogen-bond donors (Lipinski definition) is 2. The Kier molecular flexibility index (Phi) is 2.27. The number of allylic oxidation sites excluding steroid dienone is 2. The summed E-state index contributed by atoms with van der Waals surface area (Å²) in [4.78, 5) is 24.6. The van der Waals surface area contributed by atoms with E-state index < -0.39 is 23.2 Å². The molecular weight excluding hydrogens is 174 g/mol. The molecule has 0 saturated heterocycles. The molecule has 1 amide bonds. The quantitative estimate of drug-likeness (QED) is 0.531. The minimum atomic E-state index is -0.789. The lowest BCUT2D eigenvalue weighted by Gasteiger charge is -2.05. The third kappa shape index (κ3) is 1.81. The maximum absolute atomic E-state index is 10.7. The second-order valence-electron chi connectivity index (χ2n) is 2.41. The van der Waals surface area contributed by atoms with Crippen LogP contribution in [0.3, 0.4) is 0 Å². The number of carbonyl (C=O) groups excluding carboxylic acids is 2. The Hall–Kier alpha value is -1.91. The molecule has 0 aliphatic heterocycles. The van der Waals surface area contributed by atoms with Crippen molar-refractivity contribution in [1.82, 2.24) is 0 Å². The molecule has 0 heterocycles. The second-order valence-corrected chi connectivity index (χ2v) is 2.41. The van der Waals surface area contributed by atoms with E-state index in [-0.39, 0.29) is 5.71 Å². The van der Waals surface area contributed by atoms with Crippen molar-refractivity contribution in [2.75, 3.05) is 0 Å². The Morgan fingerprint density at radius 1 is 1.31 bits per heavy atom. The average molecular weight is 181 g/mol. The van der Waals surface area contributed by atoms with E-state index in [2.05, 4.69) is 4.99 Å². The van der Waals surface area contributed by atoms with E-state index in [1.807, 2.05) is 0 Å². The highest BCUT2D eigenvalue weighted by atomic mass is 16.3. The van der Waals surface area contributed by atoms with Gasteiger partial charge in [-0.25, -0.2) is 4.99 Å². The zero-order valence-corrected chi connectivity index (χ0v) is 6.81. The van der Waals surface area contributed by atoms with E-state index in [9.17, 15) is 9.59 Å². The van der Waals surface area contributed by atoms with Crippen LogP contribution >= 0.6 is 0 Å². The maximum Gasteiger partial charge on any atom is 0.243 e. The standard InChI is InChI=1S/C8H7NO4/c1-4(10)9-5-2-3-6(11)8(13)7(5)12/h2-3,12-13H,1H3. The fourth-order valence-corrected chi connectivity index (χ4v) is 0.810. The molecule has 1 rings (SSSR count). The first-order chi connectivity index (χ1) is 6.02. The first-order valence-electron chi connectivity index (χ1n) is 3.46. The van der Waals surface area contributed by atoms with Gasteiger partial charge in [0.25, 0.3) is 0 Å². The van der Waals surface area contributed by atoms with Gasteiger partial charge in [-0.05, 0) is 12.2 Å². The molecule has 2 N–H and O–H groups in total. The number of rotatable bonds is 0. The van der Waals surface area contributed by atoms with E-state index in [1.54, 1.807) is 0 Å². The summed E-state index contributed by atoms with van der Waals surface area (Å²) in [5.74, 6) is -2.68. The summed E-state index contributed by atoms with van der Waals surface area (Å²) in [6.45, 7) is 1.20. The molecule has 0 spiro atoms. The van der Waals surface area contributed by atoms with Crippen molar-refractivity contribution < 1.29 is 19.8 Å². The van der Waals surface area contributed by atoms with Gasteiger partial charge in [0.15, 0.2) is 5.76 Å². The minimum absolute atomic E-state index is 0.107. The van der Waals surface area contributed by atoms with Crippen molar-refractivity contribution in [2.45, 2.75) is 6.92 Å². The summed E-state index contributed by atoms with van der Waals surface area (Å²) in [5.41, 5.74) is -0.107. The SMILES string of the molecule is CC(=O)N=C1C=CC(=O)C(O)=C1O. The summed E-state index contributed by atoms with van der Waals surface area (Å²) in [6, 6.07) is 0. The van der Waals surface area contributed by atoms with E-state index in [0.717, 1.165) is 6.08 Å². The van der Waals surface area contributed by atoms with Crippen molar-refractivity contribution in [3.05, 3.63) is 23.7 Å². The van der Waals surface area contributed by atoms with Crippen molar-refractivity contribution in [2.24, 2.45) is 4.99 Å². The van der Waals surface area contributed by atoms with Crippen LogP contribution in [0.4, 0.5) is 0 Å². The largest absolute Gasteiger partial charge is 0.503 e. The second kappa shape index (κ2) is 3.22. The number of carbonyl (C=O) groups is 2. The Bertz CT molecular complexity index is 362. The van der Waals surface area contributed by atoms with Gasteiger partial charge in [0.2, 0.25) is 17.4 Å². The molecule has 13 heavy (non-hydrogen) atoms. The molecule has 0 atom stereocenters. The van der Waals surface area contributed by atoms with Crippen molar-refractivity contribution in [3.8, 4) is 0 Å². The van der Waals surface area contributed by atoms with Crippen LogP contribution in [0.5, 0.6) is 0 Å². The smallest absolute Gasteiger partial charge is 0.243 e. The lowest BCUT2D eigenvalue weighted by atomic mass is 10.1. The van der Waals surface area contributed by atoms with Gasteiger partial charge in [0, 0.05) is 6.92 Å². The van der Waals surface area contributed by atoms with Crippen LogP contribution in [0, 0.1) is 0 Å². The first kappa shape index (κ1) is 9.18. The van der Waals surface area contributed by atoms with Gasteiger partial charge < -0.3 is 10.2 Å². The van der Waals surface area contributed by atoms with Crippen molar-refractivity contribution in [3.63, 3.8) is 0 Å². The van der Waals surface area contributed by atoms with Crippen molar-refractivity contribution >= 4 is 17.4 Å². The molecule has 0 saturated carbocycles. The Morgan fingerprint density at radius 2 is 1.92 bits per heavy atom. The monoisotopic (exact) mass is 181 g/mol. The number of nitrogens with zero attached hydrogens (tertiary/aromatic N) is 1. The molecule has 0 bridgehead atoms. The number of amides is 1. The summed E-state index contributed by atoms with van der Waals surface area (Å²) in [5, 5.41) is 18.1. The molecule has 0 aromatic heterocycles. The van der Waals surface area contributed by atoms with Crippen LogP contribution in [0.15, 0.2) is 28.7 Å². The van der Waals surface area contributed by atoms with Gasteiger partial charge in [0.05, 0.1) is 0 Å². The molecule has 1 aliphatic rings. The van der Waals surface area contributed by atoms with Gasteiger partial charge in [-0.2, -0.15) is 0 Å². The molecule has 68 valence electrons. The Labute approximate surface area is 73.7 Å². The Morgan fingerprint density at radius 3 is 2.46 bits per heavy atom. The lowest BCUT2D eigenvalue weighted by molar-refractivity contribution is -0.116. The Balaban J connectivity index is 3.13. The normalized spacial score (nSPS) is 19.8. The van der Waals surface area contributed by atoms with Crippen LogP contribution in [0.1, 0.15) is 6.92 Å². The predicted octanol–water partition coefficient (Wildman–Crippen LogP) is 0.440. The van der Waals surface area contributed by atoms with Crippen LogP contribution in [0.2, 0.25) is 0 Å². The van der Waals surface area contributed by atoms with Crippen LogP contribution in [-0.4, -0.2) is 27.6 Å². The maximum atomic E-state index is 10.7. The molecule has 5 nitrogen and oxygen atoms in total. The van der Waals surface area contributed by atoms with E-state index in [0.29, 0.717) is 0 Å². The molecule has 0 unspecified atom stereocenters. The van der Waals surface area contributed by atoms with Gasteiger partial charge >= 0.3 is 0 Å². The summed E-state index contributed by atoms with van der Waals surface area (Å²) in [6.07, 6.45) is 2.19. The fourth-order valence-electron chi connectivity index (χ4n) is 0.810. The van der Waals surface area contributed by atoms with E-state index in [4.69, 9.17) is 10.2 Å². The van der Waals surface area contributed by atoms with Crippen LogP contribution < -0.4 is 0 Å². The molecule has 0 radical (unpaired) electrons. The van der Waals surface area contributed by atoms with E-state index in [1.165, 1.54) is 13.0 Å². The zero-order chi connectivity index (χ0) is 10.0. The third-order valence-electron chi connectivity index (χ3n) is 1.37. The summed E-state index contributed by atoms with van der Waals surface area (Å²) in [7, 11) is 0. The fraction of sp³-hybridized carbons (Fsp3) is 0.125. The predicted molar refractivity (Wildman–Crippen MR) is 44.5 cm³/mol. The third-order valence-corrected chi connectivity index (χ3v) is 1.37. The minimum Gasteiger partial charge on any atom is -0.503 e. The van der Waals surface area contributed by atoms with Gasteiger partial charge in [-0.15, -0.1) is 0 Å². The average Bonchev–Trinajstić information content (AvgIpc) is 2.06. The van der Waals surface area contributed by atoms with Crippen molar-refractivity contribution in [1.29, 1.82) is 0 Å². The topological polar surface area (TPSA) is 87.0 Å². The number of ketones is 1. The van der Waals surface area contributed by atoms with Gasteiger partial charge in [-0.3, -0.25) is 9.59 Å². The number of aliphatic imine (C=N–C) groups is 1. The first-order valence-corrected chi connectivity index (χ1v) is 3.46. The molecule has 5 heteroatoms. The summed E-state index contributed by atoms with van der Waals surface area (Å²) >= 11 is 0. The molecule has 1 aliphatic carbocycles.